The largest absolute Gasteiger partial charge is 0.353 e. The van der Waals surface area contributed by atoms with E-state index in [1.54, 1.807) is 13.8 Å². The van der Waals surface area contributed by atoms with Crippen molar-refractivity contribution in [3.05, 3.63) is 113 Å². The molecule has 10 heteroatoms. The summed E-state index contributed by atoms with van der Waals surface area (Å²) in [6.45, 7) is 2.97. The van der Waals surface area contributed by atoms with Crippen LogP contribution in [-0.2, 0) is 11.3 Å². The molecule has 0 atom stereocenters. The fourth-order valence-electron chi connectivity index (χ4n) is 4.68. The summed E-state index contributed by atoms with van der Waals surface area (Å²) in [4.78, 5) is 29.6. The lowest BCUT2D eigenvalue weighted by molar-refractivity contribution is -0.123. The number of benzene rings is 4. The number of rotatable bonds is 6. The van der Waals surface area contributed by atoms with Gasteiger partial charge in [-0.25, -0.2) is 27.3 Å². The van der Waals surface area contributed by atoms with Gasteiger partial charge in [0.2, 0.25) is 0 Å². The predicted octanol–water partition coefficient (Wildman–Crippen LogP) is 7.27. The van der Waals surface area contributed by atoms with Crippen molar-refractivity contribution < 1.29 is 27.2 Å². The topological polar surface area (TPSA) is 76.4 Å². The van der Waals surface area contributed by atoms with E-state index in [0.717, 1.165) is 17.0 Å². The molecule has 0 aromatic heterocycles. The van der Waals surface area contributed by atoms with Crippen LogP contribution in [0.4, 0.5) is 39.4 Å². The van der Waals surface area contributed by atoms with E-state index < -0.39 is 40.7 Å². The van der Waals surface area contributed by atoms with E-state index in [4.69, 9.17) is 0 Å². The van der Waals surface area contributed by atoms with Crippen molar-refractivity contribution in [3.63, 3.8) is 0 Å². The van der Waals surface area contributed by atoms with Gasteiger partial charge in [0, 0.05) is 17.3 Å². The molecule has 4 aromatic rings. The van der Waals surface area contributed by atoms with Crippen molar-refractivity contribution in [1.82, 2.24) is 4.90 Å². The summed E-state index contributed by atoms with van der Waals surface area (Å²) in [5, 5.41) is 12.4. The summed E-state index contributed by atoms with van der Waals surface area (Å²) in [6.07, 6.45) is 0. The van der Waals surface area contributed by atoms with Crippen molar-refractivity contribution in [1.29, 1.82) is 5.26 Å². The van der Waals surface area contributed by atoms with E-state index in [0.29, 0.717) is 22.8 Å². The second-order valence-electron chi connectivity index (χ2n) is 9.97. The van der Waals surface area contributed by atoms with Crippen LogP contribution in [0.25, 0.3) is 11.1 Å². The number of urea groups is 1. The summed E-state index contributed by atoms with van der Waals surface area (Å²) in [7, 11) is 0. The zero-order chi connectivity index (χ0) is 29.5. The predicted molar refractivity (Wildman–Crippen MR) is 145 cm³/mol. The molecule has 0 unspecified atom stereocenters. The Balaban J connectivity index is 1.50. The molecule has 4 aromatic carbocycles. The van der Waals surface area contributed by atoms with Crippen LogP contribution in [-0.4, -0.2) is 22.4 Å². The third-order valence-electron chi connectivity index (χ3n) is 6.96. The Labute approximate surface area is 233 Å². The van der Waals surface area contributed by atoms with Crippen LogP contribution < -0.4 is 10.2 Å². The quantitative estimate of drug-likeness (QED) is 0.199. The van der Waals surface area contributed by atoms with Gasteiger partial charge < -0.3 is 10.2 Å². The Morgan fingerprint density at radius 2 is 1.46 bits per heavy atom. The second-order valence-corrected chi connectivity index (χ2v) is 9.97. The molecule has 6 nitrogen and oxygen atoms in total. The fraction of sp³-hybridized carbons (Fsp3) is 0.129. The van der Waals surface area contributed by atoms with Crippen molar-refractivity contribution in [2.75, 3.05) is 10.2 Å². The van der Waals surface area contributed by atoms with E-state index in [-0.39, 0.29) is 29.2 Å². The number of hydrogen-bond donors (Lipinski definition) is 1. The van der Waals surface area contributed by atoms with Crippen molar-refractivity contribution in [3.8, 4) is 17.2 Å². The van der Waals surface area contributed by atoms with E-state index in [1.165, 1.54) is 65.6 Å². The van der Waals surface area contributed by atoms with Gasteiger partial charge >= 0.3 is 6.03 Å². The monoisotopic (exact) mass is 558 g/mol. The smallest absolute Gasteiger partial charge is 0.332 e. The molecule has 3 amide bonds. The molecule has 1 saturated heterocycles. The molecule has 5 rings (SSSR count). The molecule has 0 radical (unpaired) electrons. The average molecular weight is 559 g/mol. The molecule has 41 heavy (non-hydrogen) atoms. The summed E-state index contributed by atoms with van der Waals surface area (Å²) in [6, 6.07) is 17.9. The number of carbonyl (C=O) groups is 2. The van der Waals surface area contributed by atoms with Crippen LogP contribution in [0.15, 0.2) is 78.9 Å². The van der Waals surface area contributed by atoms with Crippen LogP contribution in [0.3, 0.4) is 0 Å². The molecule has 0 spiro atoms. The molecule has 0 aliphatic carbocycles. The first-order valence-electron chi connectivity index (χ1n) is 12.5. The maximum atomic E-state index is 14.3. The summed E-state index contributed by atoms with van der Waals surface area (Å²) < 4.78 is 55.4. The first-order valence-corrected chi connectivity index (χ1v) is 12.5. The lowest BCUT2D eigenvalue weighted by atomic mass is 9.98. The molecular weight excluding hydrogens is 536 g/mol. The lowest BCUT2D eigenvalue weighted by Crippen LogP contribution is -2.43. The fourth-order valence-corrected chi connectivity index (χ4v) is 4.68. The summed E-state index contributed by atoms with van der Waals surface area (Å²) >= 11 is 0. The minimum Gasteiger partial charge on any atom is -0.353 e. The molecule has 0 saturated carbocycles. The van der Waals surface area contributed by atoms with Crippen LogP contribution in [0.5, 0.6) is 0 Å². The van der Waals surface area contributed by atoms with Crippen LogP contribution >= 0.6 is 0 Å². The van der Waals surface area contributed by atoms with E-state index in [1.807, 2.05) is 0 Å². The van der Waals surface area contributed by atoms with Gasteiger partial charge in [0.15, 0.2) is 0 Å². The minimum absolute atomic E-state index is 0.103. The van der Waals surface area contributed by atoms with Gasteiger partial charge in [-0.15, -0.1) is 0 Å². The Morgan fingerprint density at radius 3 is 2.15 bits per heavy atom. The normalized spacial score (nSPS) is 14.4. The zero-order valence-electron chi connectivity index (χ0n) is 21.9. The van der Waals surface area contributed by atoms with Gasteiger partial charge in [-0.05, 0) is 79.6 Å². The first-order chi connectivity index (χ1) is 19.5. The highest BCUT2D eigenvalue weighted by atomic mass is 19.1. The van der Waals surface area contributed by atoms with Crippen molar-refractivity contribution in [2.45, 2.75) is 25.9 Å². The molecule has 0 bridgehead atoms. The first kappa shape index (κ1) is 27.4. The SMILES string of the molecule is CC1(C)C(=O)N(c2ccc(C#N)c(-c3ccc(F)cc3)c2)C(=O)N1Cc1ccc(F)cc1Nc1ccc(F)cc1F. The Kier molecular flexibility index (Phi) is 6.97. The molecule has 1 heterocycles. The standard InChI is InChI=1S/C31H22F4N4O2/c1-31(2)29(40)39(24-11-6-19(16-36)25(15-24)18-3-7-21(32)8-4-18)30(41)38(31)17-20-5-9-23(34)14-28(20)37-27-12-10-22(33)13-26(27)35/h3-15,37H,17H2,1-2H3. The molecule has 1 aliphatic rings. The molecule has 1 aliphatic heterocycles. The number of imide groups is 1. The van der Waals surface area contributed by atoms with Crippen LogP contribution in [0, 0.1) is 34.6 Å². The highest BCUT2D eigenvalue weighted by molar-refractivity contribution is 6.23. The van der Waals surface area contributed by atoms with Gasteiger partial charge in [0.25, 0.3) is 5.91 Å². The van der Waals surface area contributed by atoms with Gasteiger partial charge in [-0.1, -0.05) is 18.2 Å². The van der Waals surface area contributed by atoms with E-state index >= 15 is 0 Å². The average Bonchev–Trinajstić information content (AvgIpc) is 3.10. The third kappa shape index (κ3) is 5.10. The highest BCUT2D eigenvalue weighted by Gasteiger charge is 2.52. The number of amides is 3. The maximum absolute atomic E-state index is 14.3. The number of nitrogens with one attached hydrogen (secondary N) is 1. The number of carbonyl (C=O) groups excluding carboxylic acids is 2. The van der Waals surface area contributed by atoms with Crippen LogP contribution in [0.2, 0.25) is 0 Å². The second kappa shape index (κ2) is 10.4. The molecule has 1 fully saturated rings. The summed E-state index contributed by atoms with van der Waals surface area (Å²) in [5.74, 6) is -3.30. The van der Waals surface area contributed by atoms with Gasteiger partial charge in [-0.3, -0.25) is 4.79 Å². The molecule has 1 N–H and O–H groups in total. The molecular formula is C31H22F4N4O2. The Morgan fingerprint density at radius 1 is 0.805 bits per heavy atom. The highest BCUT2D eigenvalue weighted by Crippen LogP contribution is 2.37. The Hall–Kier alpha value is -5.17. The number of anilines is 3. The Bertz CT molecular complexity index is 1730. The van der Waals surface area contributed by atoms with Gasteiger partial charge in [-0.2, -0.15) is 5.26 Å². The minimum atomic E-state index is -1.34. The van der Waals surface area contributed by atoms with Crippen molar-refractivity contribution >= 4 is 29.0 Å². The van der Waals surface area contributed by atoms with Gasteiger partial charge in [0.05, 0.1) is 29.6 Å². The number of nitriles is 1. The number of nitrogens with zero attached hydrogens (tertiary/aromatic N) is 3. The van der Waals surface area contributed by atoms with E-state index in [9.17, 15) is 32.4 Å². The van der Waals surface area contributed by atoms with Gasteiger partial charge in [0.1, 0.15) is 28.8 Å². The lowest BCUT2D eigenvalue weighted by Gasteiger charge is -2.28. The maximum Gasteiger partial charge on any atom is 0.332 e. The third-order valence-corrected chi connectivity index (χ3v) is 6.96. The number of hydrogen-bond acceptors (Lipinski definition) is 4. The van der Waals surface area contributed by atoms with E-state index in [2.05, 4.69) is 11.4 Å². The molecule has 206 valence electrons. The zero-order valence-corrected chi connectivity index (χ0v) is 21.9. The summed E-state index contributed by atoms with van der Waals surface area (Å²) in [5.41, 5.74) is 0.468. The number of halogens is 4. The van der Waals surface area contributed by atoms with Crippen LogP contribution in [0.1, 0.15) is 25.0 Å². The van der Waals surface area contributed by atoms with Crippen molar-refractivity contribution in [2.24, 2.45) is 0 Å².